The zero-order chi connectivity index (χ0) is 16.3. The van der Waals surface area contributed by atoms with Crippen molar-refractivity contribution in [3.63, 3.8) is 0 Å². The first-order valence-corrected chi connectivity index (χ1v) is 7.69. The predicted octanol–water partition coefficient (Wildman–Crippen LogP) is 5.36. The summed E-state index contributed by atoms with van der Waals surface area (Å²) in [7, 11) is 0. The summed E-state index contributed by atoms with van der Waals surface area (Å²) < 4.78 is 5.66. The first kappa shape index (κ1) is 16.9. The Morgan fingerprint density at radius 1 is 1.09 bits per heavy atom. The second-order valence-corrected chi connectivity index (χ2v) is 6.06. The topological polar surface area (TPSA) is 38.3 Å². The van der Waals surface area contributed by atoms with Gasteiger partial charge in [0, 0.05) is 10.0 Å². The number of carbonyl (C=O) groups is 1. The van der Waals surface area contributed by atoms with Gasteiger partial charge in [0.25, 0.3) is 5.91 Å². The first-order chi connectivity index (χ1) is 10.4. The predicted molar refractivity (Wildman–Crippen MR) is 91.4 cm³/mol. The fourth-order valence-electron chi connectivity index (χ4n) is 1.82. The SMILES string of the molecule is Cc1cc(Cl)ccc1O[C@@H](C)C(=O)Nc1cc(Cl)ccc1Cl. The van der Waals surface area contributed by atoms with Gasteiger partial charge in [0.2, 0.25) is 0 Å². The molecule has 0 fully saturated rings. The average molecular weight is 359 g/mol. The third-order valence-electron chi connectivity index (χ3n) is 3.00. The molecule has 1 atom stereocenters. The van der Waals surface area contributed by atoms with Crippen molar-refractivity contribution in [2.24, 2.45) is 0 Å². The largest absolute Gasteiger partial charge is 0.481 e. The Morgan fingerprint density at radius 2 is 1.73 bits per heavy atom. The fourth-order valence-corrected chi connectivity index (χ4v) is 2.38. The molecule has 1 N–H and O–H groups in total. The normalized spacial score (nSPS) is 11.9. The van der Waals surface area contributed by atoms with Crippen LogP contribution in [0.1, 0.15) is 12.5 Å². The lowest BCUT2D eigenvalue weighted by Crippen LogP contribution is -2.30. The number of hydrogen-bond donors (Lipinski definition) is 1. The highest BCUT2D eigenvalue weighted by atomic mass is 35.5. The summed E-state index contributed by atoms with van der Waals surface area (Å²) in [6.45, 7) is 3.52. The van der Waals surface area contributed by atoms with E-state index in [-0.39, 0.29) is 5.91 Å². The maximum Gasteiger partial charge on any atom is 0.265 e. The molecular formula is C16H14Cl3NO2. The molecule has 0 radical (unpaired) electrons. The molecule has 3 nitrogen and oxygen atoms in total. The van der Waals surface area contributed by atoms with Gasteiger partial charge in [-0.1, -0.05) is 34.8 Å². The molecule has 0 aliphatic carbocycles. The van der Waals surface area contributed by atoms with Crippen molar-refractivity contribution >= 4 is 46.4 Å². The molecule has 2 aromatic carbocycles. The minimum atomic E-state index is -0.699. The van der Waals surface area contributed by atoms with Gasteiger partial charge in [0.15, 0.2) is 6.10 Å². The summed E-state index contributed by atoms with van der Waals surface area (Å²) >= 11 is 17.8. The van der Waals surface area contributed by atoms with Gasteiger partial charge in [-0.05, 0) is 55.8 Å². The van der Waals surface area contributed by atoms with Crippen molar-refractivity contribution in [2.45, 2.75) is 20.0 Å². The van der Waals surface area contributed by atoms with Crippen LogP contribution in [0.5, 0.6) is 5.75 Å². The van der Waals surface area contributed by atoms with Gasteiger partial charge in [0.05, 0.1) is 10.7 Å². The van der Waals surface area contributed by atoms with Crippen LogP contribution in [0.25, 0.3) is 0 Å². The molecule has 6 heteroatoms. The number of aryl methyl sites for hydroxylation is 1. The molecule has 22 heavy (non-hydrogen) atoms. The number of carbonyl (C=O) groups excluding carboxylic acids is 1. The molecule has 1 amide bonds. The van der Waals surface area contributed by atoms with Crippen molar-refractivity contribution in [3.05, 3.63) is 57.0 Å². The van der Waals surface area contributed by atoms with Crippen LogP contribution >= 0.6 is 34.8 Å². The number of anilines is 1. The second-order valence-electron chi connectivity index (χ2n) is 4.78. The van der Waals surface area contributed by atoms with Crippen LogP contribution < -0.4 is 10.1 Å². The van der Waals surface area contributed by atoms with Gasteiger partial charge in [-0.3, -0.25) is 4.79 Å². The van der Waals surface area contributed by atoms with E-state index in [0.717, 1.165) is 5.56 Å². The van der Waals surface area contributed by atoms with Crippen LogP contribution in [-0.4, -0.2) is 12.0 Å². The summed E-state index contributed by atoms with van der Waals surface area (Å²) in [6.07, 6.45) is -0.699. The summed E-state index contributed by atoms with van der Waals surface area (Å²) in [4.78, 5) is 12.2. The van der Waals surface area contributed by atoms with Crippen molar-refractivity contribution in [1.29, 1.82) is 0 Å². The van der Waals surface area contributed by atoms with Crippen molar-refractivity contribution < 1.29 is 9.53 Å². The van der Waals surface area contributed by atoms with E-state index in [1.54, 1.807) is 43.3 Å². The van der Waals surface area contributed by atoms with E-state index in [4.69, 9.17) is 39.5 Å². The Labute approximate surface area is 144 Å². The molecule has 0 heterocycles. The molecule has 2 aromatic rings. The highest BCUT2D eigenvalue weighted by molar-refractivity contribution is 6.35. The molecule has 0 saturated heterocycles. The molecule has 0 saturated carbocycles. The van der Waals surface area contributed by atoms with Crippen molar-refractivity contribution in [2.75, 3.05) is 5.32 Å². The number of benzene rings is 2. The van der Waals surface area contributed by atoms with Crippen LogP contribution in [-0.2, 0) is 4.79 Å². The Balaban J connectivity index is 2.07. The molecule has 0 aliphatic heterocycles. The van der Waals surface area contributed by atoms with E-state index < -0.39 is 6.10 Å². The lowest BCUT2D eigenvalue weighted by atomic mass is 10.2. The highest BCUT2D eigenvalue weighted by Gasteiger charge is 2.17. The van der Waals surface area contributed by atoms with E-state index in [1.165, 1.54) is 0 Å². The lowest BCUT2D eigenvalue weighted by Gasteiger charge is -2.17. The quantitative estimate of drug-likeness (QED) is 0.799. The Morgan fingerprint density at radius 3 is 2.41 bits per heavy atom. The number of amides is 1. The van der Waals surface area contributed by atoms with Gasteiger partial charge in [-0.15, -0.1) is 0 Å². The number of rotatable bonds is 4. The van der Waals surface area contributed by atoms with E-state index in [2.05, 4.69) is 5.32 Å². The number of halogens is 3. The zero-order valence-corrected chi connectivity index (χ0v) is 14.3. The maximum atomic E-state index is 12.2. The summed E-state index contributed by atoms with van der Waals surface area (Å²) in [5, 5.41) is 4.21. The molecule has 0 spiro atoms. The van der Waals surface area contributed by atoms with Crippen LogP contribution in [0.4, 0.5) is 5.69 Å². The minimum Gasteiger partial charge on any atom is -0.481 e. The highest BCUT2D eigenvalue weighted by Crippen LogP contribution is 2.26. The molecule has 2 rings (SSSR count). The van der Waals surface area contributed by atoms with Gasteiger partial charge in [-0.2, -0.15) is 0 Å². The Hall–Kier alpha value is -1.42. The van der Waals surface area contributed by atoms with Crippen LogP contribution in [0.3, 0.4) is 0 Å². The second kappa shape index (κ2) is 7.23. The molecule has 0 aromatic heterocycles. The molecular weight excluding hydrogens is 345 g/mol. The summed E-state index contributed by atoms with van der Waals surface area (Å²) in [6, 6.07) is 10.1. The monoisotopic (exact) mass is 357 g/mol. The smallest absolute Gasteiger partial charge is 0.265 e. The average Bonchev–Trinajstić information content (AvgIpc) is 2.45. The van der Waals surface area contributed by atoms with E-state index in [9.17, 15) is 4.79 Å². The first-order valence-electron chi connectivity index (χ1n) is 6.55. The summed E-state index contributed by atoms with van der Waals surface area (Å²) in [5.41, 5.74) is 1.30. The lowest BCUT2D eigenvalue weighted by molar-refractivity contribution is -0.122. The maximum absolute atomic E-state index is 12.2. The van der Waals surface area contributed by atoms with Gasteiger partial charge < -0.3 is 10.1 Å². The molecule has 0 aliphatic rings. The van der Waals surface area contributed by atoms with E-state index >= 15 is 0 Å². The van der Waals surface area contributed by atoms with E-state index in [1.807, 2.05) is 6.92 Å². The minimum absolute atomic E-state index is 0.321. The third-order valence-corrected chi connectivity index (χ3v) is 3.80. The molecule has 0 unspecified atom stereocenters. The number of ether oxygens (including phenoxy) is 1. The zero-order valence-electron chi connectivity index (χ0n) is 12.0. The Kier molecular flexibility index (Phi) is 5.57. The standard InChI is InChI=1S/C16H14Cl3NO2/c1-9-7-11(17)4-6-15(9)22-10(2)16(21)20-14-8-12(18)3-5-13(14)19/h3-8,10H,1-2H3,(H,20,21)/t10-/m0/s1. The third kappa shape index (κ3) is 4.29. The molecule has 0 bridgehead atoms. The fraction of sp³-hybridized carbons (Fsp3) is 0.188. The Bertz CT molecular complexity index is 704. The van der Waals surface area contributed by atoms with Gasteiger partial charge in [0.1, 0.15) is 5.75 Å². The number of nitrogens with one attached hydrogen (secondary N) is 1. The summed E-state index contributed by atoms with van der Waals surface area (Å²) in [5.74, 6) is 0.280. The van der Waals surface area contributed by atoms with Crippen LogP contribution in [0.15, 0.2) is 36.4 Å². The van der Waals surface area contributed by atoms with E-state index in [0.29, 0.717) is 26.5 Å². The van der Waals surface area contributed by atoms with Crippen molar-refractivity contribution in [1.82, 2.24) is 0 Å². The van der Waals surface area contributed by atoms with Crippen LogP contribution in [0, 0.1) is 6.92 Å². The van der Waals surface area contributed by atoms with Crippen molar-refractivity contribution in [3.8, 4) is 5.75 Å². The molecule has 116 valence electrons. The van der Waals surface area contributed by atoms with Gasteiger partial charge >= 0.3 is 0 Å². The van der Waals surface area contributed by atoms with Crippen LogP contribution in [0.2, 0.25) is 15.1 Å². The number of hydrogen-bond acceptors (Lipinski definition) is 2. The van der Waals surface area contributed by atoms with Gasteiger partial charge in [-0.25, -0.2) is 0 Å².